The van der Waals surface area contributed by atoms with E-state index in [2.05, 4.69) is 10.3 Å². The van der Waals surface area contributed by atoms with Crippen LogP contribution in [0.3, 0.4) is 0 Å². The van der Waals surface area contributed by atoms with Crippen LogP contribution >= 0.6 is 0 Å². The minimum absolute atomic E-state index is 0.0234. The van der Waals surface area contributed by atoms with Crippen molar-refractivity contribution in [1.29, 1.82) is 0 Å². The maximum Gasteiger partial charge on any atom is 0.351 e. The summed E-state index contributed by atoms with van der Waals surface area (Å²) in [6.45, 7) is 0.893. The standard InChI is InChI=1S/C41H41N3O11S/c1-27(45)53-35-25-34(55-56(4,48)49)36(54-39(35)44-24-23-37(43-40(44)47)42-38(46)28-11-7-5-8-12-28)26-52-41(29-13-9-6-10-14-29,30-15-19-32(50-2)20-16-30)31-17-21-33(51-3)22-18-31/h5-24,34-36,39H,25-26H2,1-4H3,(H,42,43,46,47)/t34-,35-,36-,39-/m1/s1. The van der Waals surface area contributed by atoms with E-state index >= 15 is 0 Å². The highest BCUT2D eigenvalue weighted by Gasteiger charge is 2.46. The Bertz CT molecular complexity index is 2240. The third-order valence-corrected chi connectivity index (χ3v) is 9.74. The monoisotopic (exact) mass is 783 g/mol. The molecule has 0 bridgehead atoms. The van der Waals surface area contributed by atoms with Crippen molar-refractivity contribution in [2.45, 2.75) is 43.5 Å². The van der Waals surface area contributed by atoms with Gasteiger partial charge in [0.25, 0.3) is 16.0 Å². The Labute approximate surface area is 324 Å². The van der Waals surface area contributed by atoms with E-state index in [-0.39, 0.29) is 18.8 Å². The Morgan fingerprint density at radius 3 is 1.89 bits per heavy atom. The van der Waals surface area contributed by atoms with Crippen molar-refractivity contribution in [3.05, 3.63) is 154 Å². The van der Waals surface area contributed by atoms with Crippen LogP contribution in [0.4, 0.5) is 5.82 Å². The number of hydrogen-bond donors (Lipinski definition) is 1. The van der Waals surface area contributed by atoms with Crippen LogP contribution in [0.1, 0.15) is 46.6 Å². The first-order valence-electron chi connectivity index (χ1n) is 17.5. The summed E-state index contributed by atoms with van der Waals surface area (Å²) in [5.74, 6) is 0.0324. The van der Waals surface area contributed by atoms with E-state index in [1.54, 1.807) is 68.8 Å². The van der Waals surface area contributed by atoms with Crippen LogP contribution in [0.25, 0.3) is 0 Å². The highest BCUT2D eigenvalue weighted by molar-refractivity contribution is 7.86. The van der Waals surface area contributed by atoms with Gasteiger partial charge < -0.3 is 29.0 Å². The van der Waals surface area contributed by atoms with Crippen LogP contribution in [0.15, 0.2) is 126 Å². The molecule has 1 aliphatic rings. The van der Waals surface area contributed by atoms with Gasteiger partial charge in [-0.05, 0) is 59.2 Å². The first-order chi connectivity index (χ1) is 26.9. The smallest absolute Gasteiger partial charge is 0.351 e. The van der Waals surface area contributed by atoms with Gasteiger partial charge in [0.2, 0.25) is 0 Å². The minimum atomic E-state index is -4.09. The number of carbonyl (C=O) groups excluding carboxylic acids is 2. The van der Waals surface area contributed by atoms with Gasteiger partial charge in [0.05, 0.1) is 27.1 Å². The van der Waals surface area contributed by atoms with Crippen molar-refractivity contribution in [2.75, 3.05) is 32.4 Å². The van der Waals surface area contributed by atoms with Crippen LogP contribution in [-0.2, 0) is 38.9 Å². The van der Waals surface area contributed by atoms with Crippen molar-refractivity contribution >= 4 is 27.8 Å². The highest BCUT2D eigenvalue weighted by atomic mass is 32.2. The number of ether oxygens (including phenoxy) is 5. The summed E-state index contributed by atoms with van der Waals surface area (Å²) < 4.78 is 61.9. The fourth-order valence-electron chi connectivity index (χ4n) is 6.62. The van der Waals surface area contributed by atoms with Gasteiger partial charge in [-0.15, -0.1) is 0 Å². The number of benzene rings is 4. The van der Waals surface area contributed by atoms with Gasteiger partial charge in [0.15, 0.2) is 6.23 Å². The fraction of sp³-hybridized carbons (Fsp3) is 0.268. The molecule has 56 heavy (non-hydrogen) atoms. The molecule has 0 aliphatic carbocycles. The molecule has 6 rings (SSSR count). The van der Waals surface area contributed by atoms with Crippen molar-refractivity contribution in [3.8, 4) is 11.5 Å². The summed E-state index contributed by atoms with van der Waals surface area (Å²) >= 11 is 0. The van der Waals surface area contributed by atoms with E-state index in [0.717, 1.165) is 16.4 Å². The van der Waals surface area contributed by atoms with Crippen molar-refractivity contribution < 1.29 is 45.9 Å². The van der Waals surface area contributed by atoms with Crippen LogP contribution < -0.4 is 20.5 Å². The first-order valence-corrected chi connectivity index (χ1v) is 19.4. The predicted octanol–water partition coefficient (Wildman–Crippen LogP) is 5.09. The van der Waals surface area contributed by atoms with Crippen LogP contribution in [0.5, 0.6) is 11.5 Å². The van der Waals surface area contributed by atoms with Gasteiger partial charge in [-0.3, -0.25) is 18.3 Å². The Morgan fingerprint density at radius 1 is 0.821 bits per heavy atom. The quantitative estimate of drug-likeness (QED) is 0.0901. The zero-order chi connectivity index (χ0) is 39.9. The normalized spacial score (nSPS) is 18.4. The molecule has 4 atom stereocenters. The Morgan fingerprint density at radius 2 is 1.38 bits per heavy atom. The molecule has 14 nitrogen and oxygen atoms in total. The zero-order valence-electron chi connectivity index (χ0n) is 31.1. The molecule has 1 saturated heterocycles. The molecule has 15 heteroatoms. The zero-order valence-corrected chi connectivity index (χ0v) is 31.9. The molecule has 1 amide bonds. The number of carbonyl (C=O) groups is 2. The van der Waals surface area contributed by atoms with Crippen molar-refractivity contribution in [2.24, 2.45) is 0 Å². The Balaban J connectivity index is 1.40. The Hall–Kier alpha value is -5.87. The molecule has 1 aliphatic heterocycles. The van der Waals surface area contributed by atoms with Gasteiger partial charge in [0.1, 0.15) is 41.2 Å². The van der Waals surface area contributed by atoms with Crippen LogP contribution in [0.2, 0.25) is 0 Å². The number of methoxy groups -OCH3 is 2. The molecule has 4 aromatic carbocycles. The number of aromatic nitrogens is 2. The van der Waals surface area contributed by atoms with Crippen LogP contribution in [0, 0.1) is 0 Å². The molecule has 1 N–H and O–H groups in total. The van der Waals surface area contributed by atoms with E-state index in [4.69, 9.17) is 27.9 Å². The molecule has 0 saturated carbocycles. The average molecular weight is 784 g/mol. The predicted molar refractivity (Wildman–Crippen MR) is 205 cm³/mol. The Kier molecular flexibility index (Phi) is 12.3. The largest absolute Gasteiger partial charge is 0.497 e. The molecule has 0 radical (unpaired) electrons. The molecule has 0 unspecified atom stereocenters. The minimum Gasteiger partial charge on any atom is -0.497 e. The topological polar surface area (TPSA) is 171 Å². The summed E-state index contributed by atoms with van der Waals surface area (Å²) in [5, 5.41) is 2.60. The lowest BCUT2D eigenvalue weighted by atomic mass is 9.80. The van der Waals surface area contributed by atoms with Gasteiger partial charge in [-0.25, -0.2) is 4.79 Å². The van der Waals surface area contributed by atoms with Crippen molar-refractivity contribution in [1.82, 2.24) is 9.55 Å². The summed E-state index contributed by atoms with van der Waals surface area (Å²) in [4.78, 5) is 42.7. The van der Waals surface area contributed by atoms with Gasteiger partial charge >= 0.3 is 11.7 Å². The molecule has 0 spiro atoms. The second-order valence-electron chi connectivity index (χ2n) is 12.9. The van der Waals surface area contributed by atoms with Crippen LogP contribution in [-0.4, -0.2) is 75.2 Å². The molecular formula is C41H41N3O11S. The van der Waals surface area contributed by atoms with E-state index < -0.39 is 57.8 Å². The maximum absolute atomic E-state index is 13.6. The molecular weight excluding hydrogens is 743 g/mol. The number of rotatable bonds is 14. The first kappa shape index (κ1) is 39.8. The number of nitrogens with one attached hydrogen (secondary N) is 1. The number of hydrogen-bond acceptors (Lipinski definition) is 12. The molecule has 1 fully saturated rings. The summed E-state index contributed by atoms with van der Waals surface area (Å²) in [7, 11) is -0.958. The van der Waals surface area contributed by atoms with Crippen molar-refractivity contribution in [3.63, 3.8) is 0 Å². The summed E-state index contributed by atoms with van der Waals surface area (Å²) in [6, 6.07) is 33.9. The molecule has 5 aromatic rings. The lowest BCUT2D eigenvalue weighted by Gasteiger charge is -2.42. The lowest BCUT2D eigenvalue weighted by Crippen LogP contribution is -2.52. The van der Waals surface area contributed by atoms with Gasteiger partial charge in [-0.1, -0.05) is 72.8 Å². The fourth-order valence-corrected chi connectivity index (χ4v) is 7.28. The van der Waals surface area contributed by atoms with E-state index in [1.165, 1.54) is 19.2 Å². The lowest BCUT2D eigenvalue weighted by molar-refractivity contribution is -0.223. The van der Waals surface area contributed by atoms with Gasteiger partial charge in [0, 0.05) is 25.1 Å². The highest BCUT2D eigenvalue weighted by Crippen LogP contribution is 2.43. The third-order valence-electron chi connectivity index (χ3n) is 9.15. The average Bonchev–Trinajstić information content (AvgIpc) is 3.19. The van der Waals surface area contributed by atoms with E-state index in [0.29, 0.717) is 28.2 Å². The van der Waals surface area contributed by atoms with Gasteiger partial charge in [-0.2, -0.15) is 13.4 Å². The summed E-state index contributed by atoms with van der Waals surface area (Å²) in [5.41, 5.74) is 0.338. The van der Waals surface area contributed by atoms with E-state index in [9.17, 15) is 22.8 Å². The second-order valence-corrected chi connectivity index (χ2v) is 14.5. The van der Waals surface area contributed by atoms with E-state index in [1.807, 2.05) is 54.6 Å². The number of amides is 1. The number of nitrogens with zero attached hydrogens (tertiary/aromatic N) is 2. The molecule has 1 aromatic heterocycles. The number of anilines is 1. The maximum atomic E-state index is 13.6. The molecule has 292 valence electrons. The number of esters is 1. The third kappa shape index (κ3) is 9.14. The SMILES string of the molecule is COc1ccc(C(OC[C@H]2O[C@@H](n3ccc(NC(=O)c4ccccc4)nc3=O)[C@H](OC(C)=O)C[C@H]2OS(C)(=O)=O)(c2ccccc2)c2ccc(OC)cc2)cc1. The molecule has 2 heterocycles. The second kappa shape index (κ2) is 17.3. The summed E-state index contributed by atoms with van der Waals surface area (Å²) in [6.07, 6.45) is -2.84.